The van der Waals surface area contributed by atoms with E-state index in [9.17, 15) is 0 Å². The quantitative estimate of drug-likeness (QED) is 0.230. The van der Waals surface area contributed by atoms with Gasteiger partial charge in [0.25, 0.3) is 0 Å². The molecule has 2 aromatic carbocycles. The minimum Gasteiger partial charge on any atom is -0.235 e. The Morgan fingerprint density at radius 3 is 2.58 bits per heavy atom. The molecule has 33 heavy (non-hydrogen) atoms. The highest BCUT2D eigenvalue weighted by Crippen LogP contribution is 2.44. The van der Waals surface area contributed by atoms with Gasteiger partial charge in [0.1, 0.15) is 6.33 Å². The second-order valence-electron chi connectivity index (χ2n) is 9.92. The lowest BCUT2D eigenvalue weighted by atomic mass is 9.85. The van der Waals surface area contributed by atoms with Crippen LogP contribution in [-0.2, 0) is 11.8 Å². The number of thiophene rings is 2. The van der Waals surface area contributed by atoms with Gasteiger partial charge < -0.3 is 0 Å². The minimum absolute atomic E-state index is 0.0314. The fourth-order valence-corrected chi connectivity index (χ4v) is 7.85. The van der Waals surface area contributed by atoms with Gasteiger partial charge in [-0.2, -0.15) is 0 Å². The maximum Gasteiger partial charge on any atom is 0.116 e. The summed E-state index contributed by atoms with van der Waals surface area (Å²) in [6.45, 7) is 15.3. The zero-order valence-corrected chi connectivity index (χ0v) is 22.2. The summed E-state index contributed by atoms with van der Waals surface area (Å²) in [6.07, 6.45) is 2.85. The van der Waals surface area contributed by atoms with Gasteiger partial charge in [0, 0.05) is 30.1 Å². The van der Waals surface area contributed by atoms with Crippen LogP contribution < -0.4 is 0 Å². The summed E-state index contributed by atoms with van der Waals surface area (Å²) in [7, 11) is 0. The third-order valence-electron chi connectivity index (χ3n) is 5.83. The van der Waals surface area contributed by atoms with Gasteiger partial charge in [-0.25, -0.2) is 9.97 Å². The van der Waals surface area contributed by atoms with Crippen molar-refractivity contribution in [3.8, 4) is 11.3 Å². The predicted octanol–water partition coefficient (Wildman–Crippen LogP) is 9.46. The number of hydrogen-bond acceptors (Lipinski definition) is 5. The first kappa shape index (κ1) is 22.6. The van der Waals surface area contributed by atoms with E-state index in [0.29, 0.717) is 5.92 Å². The van der Waals surface area contributed by atoms with E-state index in [1.807, 2.05) is 28.1 Å². The minimum atomic E-state index is 0.0314. The molecule has 168 valence electrons. The topological polar surface area (TPSA) is 25.8 Å². The molecule has 0 N–H and O–H groups in total. The molecule has 3 aromatic heterocycles. The molecule has 0 aliphatic carbocycles. The lowest BCUT2D eigenvalue weighted by Crippen LogP contribution is -2.12. The van der Waals surface area contributed by atoms with Crippen molar-refractivity contribution in [2.45, 2.75) is 51.3 Å². The molecule has 0 radical (unpaired) electrons. The van der Waals surface area contributed by atoms with Gasteiger partial charge in [0.15, 0.2) is 0 Å². The molecule has 0 saturated carbocycles. The van der Waals surface area contributed by atoms with E-state index in [1.165, 1.54) is 40.2 Å². The molecule has 0 unspecified atom stereocenters. The Balaban J connectivity index is 1.74. The smallest absolute Gasteiger partial charge is 0.116 e. The van der Waals surface area contributed by atoms with Crippen LogP contribution >= 0.6 is 34.4 Å². The fraction of sp³-hybridized carbons (Fsp3) is 0.286. The first-order valence-electron chi connectivity index (χ1n) is 11.3. The zero-order chi connectivity index (χ0) is 23.3. The molecule has 5 rings (SSSR count). The Hall–Kier alpha value is -2.21. The van der Waals surface area contributed by atoms with Crippen molar-refractivity contribution in [2.75, 3.05) is 0 Å². The van der Waals surface area contributed by atoms with E-state index in [4.69, 9.17) is 9.97 Å². The molecule has 0 bridgehead atoms. The Morgan fingerprint density at radius 1 is 1.03 bits per heavy atom. The standard InChI is InChI=1S/C28H28N2S3/c1-7-31-21-10-8-17(14-20(21)28(4,5)6)24-27-25(30-15-29-24)23-22(33-27)11-9-18-13-19(12-16(2)3)32-26(18)23/h7-11,13-16H,1,12H2,2-6H3. The molecule has 0 aliphatic heterocycles. The lowest BCUT2D eigenvalue weighted by Gasteiger charge is -2.23. The van der Waals surface area contributed by atoms with E-state index in [1.54, 1.807) is 18.1 Å². The van der Waals surface area contributed by atoms with E-state index >= 15 is 0 Å². The number of thioether (sulfide) groups is 1. The summed E-state index contributed by atoms with van der Waals surface area (Å²) in [4.78, 5) is 12.3. The van der Waals surface area contributed by atoms with Crippen LogP contribution in [-0.4, -0.2) is 9.97 Å². The first-order valence-corrected chi connectivity index (χ1v) is 13.8. The van der Waals surface area contributed by atoms with Crippen molar-refractivity contribution >= 4 is 64.8 Å². The Bertz CT molecular complexity index is 1500. The summed E-state index contributed by atoms with van der Waals surface area (Å²) in [5.74, 6) is 0.654. The molecule has 0 aliphatic rings. The Kier molecular flexibility index (Phi) is 5.84. The van der Waals surface area contributed by atoms with Crippen LogP contribution in [0, 0.1) is 5.92 Å². The highest BCUT2D eigenvalue weighted by molar-refractivity contribution is 8.02. The number of hydrogen-bond donors (Lipinski definition) is 0. The van der Waals surface area contributed by atoms with E-state index in [2.05, 4.69) is 77.6 Å². The van der Waals surface area contributed by atoms with Crippen LogP contribution in [0.1, 0.15) is 45.1 Å². The second kappa shape index (κ2) is 8.53. The molecule has 0 amide bonds. The van der Waals surface area contributed by atoms with Gasteiger partial charge in [0.2, 0.25) is 0 Å². The van der Waals surface area contributed by atoms with Crippen molar-refractivity contribution in [2.24, 2.45) is 5.92 Å². The number of fused-ring (bicyclic) bond motifs is 5. The molecule has 3 heterocycles. The molecule has 5 heteroatoms. The molecule has 0 spiro atoms. The van der Waals surface area contributed by atoms with Gasteiger partial charge in [-0.15, -0.1) is 22.7 Å². The Morgan fingerprint density at radius 2 is 1.85 bits per heavy atom. The van der Waals surface area contributed by atoms with Crippen molar-refractivity contribution in [3.63, 3.8) is 0 Å². The summed E-state index contributed by atoms with van der Waals surface area (Å²) in [5, 5.41) is 4.51. The van der Waals surface area contributed by atoms with Gasteiger partial charge in [-0.1, -0.05) is 65.1 Å². The van der Waals surface area contributed by atoms with Crippen LogP contribution in [0.4, 0.5) is 0 Å². The van der Waals surface area contributed by atoms with Gasteiger partial charge >= 0.3 is 0 Å². The number of rotatable bonds is 5. The SMILES string of the molecule is C=CSc1ccc(-c2ncnc3c2sc2ccc4cc(CC(C)C)sc4c23)cc1C(C)(C)C. The van der Waals surface area contributed by atoms with E-state index < -0.39 is 0 Å². The lowest BCUT2D eigenvalue weighted by molar-refractivity contribution is 0.578. The molecule has 0 saturated heterocycles. The normalized spacial score (nSPS) is 12.4. The van der Waals surface area contributed by atoms with Crippen LogP contribution in [0.25, 0.3) is 41.6 Å². The number of benzene rings is 2. The summed E-state index contributed by atoms with van der Waals surface area (Å²) >= 11 is 5.42. The van der Waals surface area contributed by atoms with Crippen LogP contribution in [0.3, 0.4) is 0 Å². The monoisotopic (exact) mass is 488 g/mol. The zero-order valence-electron chi connectivity index (χ0n) is 19.7. The molecular formula is C28H28N2S3. The number of aromatic nitrogens is 2. The van der Waals surface area contributed by atoms with Crippen LogP contribution in [0.5, 0.6) is 0 Å². The highest BCUT2D eigenvalue weighted by Gasteiger charge is 2.21. The molecule has 0 fully saturated rings. The third kappa shape index (κ3) is 4.11. The molecular weight excluding hydrogens is 461 g/mol. The molecule has 2 nitrogen and oxygen atoms in total. The maximum absolute atomic E-state index is 4.78. The van der Waals surface area contributed by atoms with Gasteiger partial charge in [-0.3, -0.25) is 0 Å². The van der Waals surface area contributed by atoms with Crippen molar-refractivity contribution in [1.82, 2.24) is 9.97 Å². The maximum atomic E-state index is 4.78. The van der Waals surface area contributed by atoms with E-state index in [0.717, 1.165) is 23.2 Å². The van der Waals surface area contributed by atoms with Crippen molar-refractivity contribution in [3.05, 3.63) is 65.2 Å². The third-order valence-corrected chi connectivity index (χ3v) is 8.95. The van der Waals surface area contributed by atoms with Crippen LogP contribution in [0.2, 0.25) is 0 Å². The van der Waals surface area contributed by atoms with E-state index in [-0.39, 0.29) is 5.41 Å². The average Bonchev–Trinajstić information content (AvgIpc) is 3.33. The molecule has 0 atom stereocenters. The fourth-order valence-electron chi connectivity index (χ4n) is 4.37. The van der Waals surface area contributed by atoms with Crippen LogP contribution in [0.15, 0.2) is 59.6 Å². The van der Waals surface area contributed by atoms with Crippen molar-refractivity contribution < 1.29 is 0 Å². The van der Waals surface area contributed by atoms with Crippen molar-refractivity contribution in [1.29, 1.82) is 0 Å². The summed E-state index contributed by atoms with van der Waals surface area (Å²) in [5.41, 5.74) is 4.59. The number of nitrogens with zero attached hydrogens (tertiary/aromatic N) is 2. The largest absolute Gasteiger partial charge is 0.235 e. The average molecular weight is 489 g/mol. The first-order chi connectivity index (χ1) is 15.8. The van der Waals surface area contributed by atoms with Gasteiger partial charge in [-0.05, 0) is 58.4 Å². The predicted molar refractivity (Wildman–Crippen MR) is 149 cm³/mol. The Labute approximate surface area is 207 Å². The molecule has 5 aromatic rings. The summed E-state index contributed by atoms with van der Waals surface area (Å²) < 4.78 is 3.81. The highest BCUT2D eigenvalue weighted by atomic mass is 32.2. The second-order valence-corrected chi connectivity index (χ2v) is 13.1. The summed E-state index contributed by atoms with van der Waals surface area (Å²) in [6, 6.07) is 13.6. The van der Waals surface area contributed by atoms with Gasteiger partial charge in [0.05, 0.1) is 15.9 Å².